The summed E-state index contributed by atoms with van der Waals surface area (Å²) in [5.74, 6) is 1.28. The molecule has 0 aliphatic carbocycles. The first-order valence-electron chi connectivity index (χ1n) is 7.48. The van der Waals surface area contributed by atoms with Gasteiger partial charge in [-0.05, 0) is 48.6 Å². The standard InChI is InChI=1S/C17H28ClNO2/c1-12-8-15(6-7-16(12)18)21-11-14(20)10-19-9-13(2)17(3,4)5/h6-8,13-14,19-20H,9-11H2,1-5H3. The third kappa shape index (κ3) is 6.68. The molecule has 0 aliphatic rings. The molecule has 0 heterocycles. The van der Waals surface area contributed by atoms with Crippen LogP contribution in [0, 0.1) is 18.3 Å². The molecule has 0 fully saturated rings. The molecule has 0 saturated heterocycles. The van der Waals surface area contributed by atoms with Gasteiger partial charge in [-0.3, -0.25) is 0 Å². The van der Waals surface area contributed by atoms with Crippen LogP contribution in [0.4, 0.5) is 0 Å². The summed E-state index contributed by atoms with van der Waals surface area (Å²) in [5.41, 5.74) is 1.25. The van der Waals surface area contributed by atoms with Gasteiger partial charge in [-0.2, -0.15) is 0 Å². The Bertz CT molecular complexity index is 443. The molecule has 2 atom stereocenters. The maximum absolute atomic E-state index is 9.94. The molecule has 0 aromatic heterocycles. The number of nitrogens with one attached hydrogen (secondary N) is 1. The maximum Gasteiger partial charge on any atom is 0.119 e. The highest BCUT2D eigenvalue weighted by Crippen LogP contribution is 2.24. The molecule has 2 N–H and O–H groups in total. The van der Waals surface area contributed by atoms with E-state index in [-0.39, 0.29) is 12.0 Å². The molecular weight excluding hydrogens is 286 g/mol. The monoisotopic (exact) mass is 313 g/mol. The number of aryl methyl sites for hydroxylation is 1. The van der Waals surface area contributed by atoms with E-state index in [4.69, 9.17) is 16.3 Å². The van der Waals surface area contributed by atoms with Gasteiger partial charge in [0.25, 0.3) is 0 Å². The minimum Gasteiger partial charge on any atom is -0.491 e. The van der Waals surface area contributed by atoms with Crippen molar-refractivity contribution in [3.63, 3.8) is 0 Å². The van der Waals surface area contributed by atoms with Crippen molar-refractivity contribution in [2.45, 2.75) is 40.7 Å². The number of benzene rings is 1. The molecule has 0 amide bonds. The summed E-state index contributed by atoms with van der Waals surface area (Å²) in [5, 5.41) is 14.0. The van der Waals surface area contributed by atoms with Crippen molar-refractivity contribution in [3.8, 4) is 5.75 Å². The Morgan fingerprint density at radius 2 is 1.95 bits per heavy atom. The Morgan fingerprint density at radius 1 is 1.29 bits per heavy atom. The van der Waals surface area contributed by atoms with Crippen LogP contribution in [0.15, 0.2) is 18.2 Å². The highest BCUT2D eigenvalue weighted by Gasteiger charge is 2.19. The summed E-state index contributed by atoms with van der Waals surface area (Å²) < 4.78 is 5.58. The summed E-state index contributed by atoms with van der Waals surface area (Å²) in [4.78, 5) is 0. The van der Waals surface area contributed by atoms with Crippen molar-refractivity contribution < 1.29 is 9.84 Å². The van der Waals surface area contributed by atoms with E-state index < -0.39 is 6.10 Å². The largest absolute Gasteiger partial charge is 0.491 e. The quantitative estimate of drug-likeness (QED) is 0.807. The second-order valence-corrected chi connectivity index (χ2v) is 7.21. The van der Waals surface area contributed by atoms with E-state index >= 15 is 0 Å². The Hall–Kier alpha value is -0.770. The molecule has 4 heteroatoms. The van der Waals surface area contributed by atoms with Crippen LogP contribution in [-0.4, -0.2) is 30.9 Å². The third-order valence-corrected chi connectivity index (χ3v) is 4.30. The van der Waals surface area contributed by atoms with Crippen LogP contribution in [-0.2, 0) is 0 Å². The van der Waals surface area contributed by atoms with Gasteiger partial charge in [-0.15, -0.1) is 0 Å². The summed E-state index contributed by atoms with van der Waals surface area (Å²) in [6.45, 7) is 12.5. The van der Waals surface area contributed by atoms with Crippen LogP contribution in [0.5, 0.6) is 5.75 Å². The molecule has 120 valence electrons. The first-order valence-corrected chi connectivity index (χ1v) is 7.85. The second-order valence-electron chi connectivity index (χ2n) is 6.80. The molecule has 21 heavy (non-hydrogen) atoms. The van der Waals surface area contributed by atoms with Crippen LogP contribution < -0.4 is 10.1 Å². The van der Waals surface area contributed by atoms with Gasteiger partial charge < -0.3 is 15.2 Å². The zero-order valence-electron chi connectivity index (χ0n) is 13.7. The zero-order chi connectivity index (χ0) is 16.0. The number of rotatable bonds is 7. The van der Waals surface area contributed by atoms with Crippen molar-refractivity contribution >= 4 is 11.6 Å². The fourth-order valence-corrected chi connectivity index (χ4v) is 1.85. The number of hydrogen-bond acceptors (Lipinski definition) is 3. The van der Waals surface area contributed by atoms with Gasteiger partial charge in [-0.25, -0.2) is 0 Å². The van der Waals surface area contributed by atoms with Gasteiger partial charge in [0, 0.05) is 11.6 Å². The van der Waals surface area contributed by atoms with Gasteiger partial charge in [0.2, 0.25) is 0 Å². The minimum atomic E-state index is -0.520. The van der Waals surface area contributed by atoms with Crippen molar-refractivity contribution in [3.05, 3.63) is 28.8 Å². The molecule has 0 saturated carbocycles. The third-order valence-electron chi connectivity index (χ3n) is 3.88. The van der Waals surface area contributed by atoms with E-state index in [2.05, 4.69) is 33.0 Å². The summed E-state index contributed by atoms with van der Waals surface area (Å²) in [7, 11) is 0. The van der Waals surface area contributed by atoms with E-state index in [0.717, 1.165) is 22.9 Å². The lowest BCUT2D eigenvalue weighted by atomic mass is 9.82. The van der Waals surface area contributed by atoms with Crippen molar-refractivity contribution in [1.29, 1.82) is 0 Å². The summed E-state index contributed by atoms with van der Waals surface area (Å²) in [6.07, 6.45) is -0.520. The Morgan fingerprint density at radius 3 is 2.52 bits per heavy atom. The summed E-state index contributed by atoms with van der Waals surface area (Å²) >= 11 is 5.96. The number of ether oxygens (including phenoxy) is 1. The van der Waals surface area contributed by atoms with E-state index in [1.165, 1.54) is 0 Å². The first kappa shape index (κ1) is 18.3. The molecule has 1 aromatic carbocycles. The van der Waals surface area contributed by atoms with Crippen LogP contribution in [0.2, 0.25) is 5.02 Å². The fraction of sp³-hybridized carbons (Fsp3) is 0.647. The first-order chi connectivity index (χ1) is 9.70. The number of halogens is 1. The lowest BCUT2D eigenvalue weighted by Gasteiger charge is -2.27. The number of aliphatic hydroxyl groups excluding tert-OH is 1. The second kappa shape index (κ2) is 8.02. The Labute approximate surface area is 133 Å². The molecule has 0 aliphatic heterocycles. The fourth-order valence-electron chi connectivity index (χ4n) is 1.73. The van der Waals surface area contributed by atoms with E-state index in [0.29, 0.717) is 12.5 Å². The lowest BCUT2D eigenvalue weighted by Crippen LogP contribution is -2.36. The SMILES string of the molecule is Cc1cc(OCC(O)CNCC(C)C(C)(C)C)ccc1Cl. The van der Waals surface area contributed by atoms with Gasteiger partial charge >= 0.3 is 0 Å². The highest BCUT2D eigenvalue weighted by molar-refractivity contribution is 6.31. The number of aliphatic hydroxyl groups is 1. The molecule has 1 aromatic rings. The Kier molecular flexibility index (Phi) is 6.98. The normalized spacial score (nSPS) is 14.8. The predicted octanol–water partition coefficient (Wildman–Crippen LogP) is 3.66. The van der Waals surface area contributed by atoms with Crippen LogP contribution in [0.25, 0.3) is 0 Å². The smallest absolute Gasteiger partial charge is 0.119 e. The predicted molar refractivity (Wildman–Crippen MR) is 89.2 cm³/mol. The Balaban J connectivity index is 2.28. The molecule has 0 spiro atoms. The topological polar surface area (TPSA) is 41.5 Å². The van der Waals surface area contributed by atoms with E-state index in [1.807, 2.05) is 25.1 Å². The van der Waals surface area contributed by atoms with Gasteiger partial charge in [0.05, 0.1) is 0 Å². The molecule has 1 rings (SSSR count). The number of hydrogen-bond donors (Lipinski definition) is 2. The van der Waals surface area contributed by atoms with Gasteiger partial charge in [-0.1, -0.05) is 39.3 Å². The van der Waals surface area contributed by atoms with Gasteiger partial charge in [0.1, 0.15) is 18.5 Å². The zero-order valence-corrected chi connectivity index (χ0v) is 14.5. The average Bonchev–Trinajstić information content (AvgIpc) is 2.39. The van der Waals surface area contributed by atoms with E-state index in [1.54, 1.807) is 0 Å². The van der Waals surface area contributed by atoms with Crippen LogP contribution >= 0.6 is 11.6 Å². The molecule has 0 bridgehead atoms. The lowest BCUT2D eigenvalue weighted by molar-refractivity contribution is 0.103. The van der Waals surface area contributed by atoms with Crippen molar-refractivity contribution in [1.82, 2.24) is 5.32 Å². The van der Waals surface area contributed by atoms with Gasteiger partial charge in [0.15, 0.2) is 0 Å². The average molecular weight is 314 g/mol. The molecular formula is C17H28ClNO2. The molecule has 2 unspecified atom stereocenters. The highest BCUT2D eigenvalue weighted by atomic mass is 35.5. The summed E-state index contributed by atoms with van der Waals surface area (Å²) in [6, 6.07) is 5.50. The maximum atomic E-state index is 9.94. The van der Waals surface area contributed by atoms with Crippen molar-refractivity contribution in [2.24, 2.45) is 11.3 Å². The molecule has 0 radical (unpaired) electrons. The minimum absolute atomic E-state index is 0.273. The van der Waals surface area contributed by atoms with Crippen LogP contribution in [0.3, 0.4) is 0 Å². The van der Waals surface area contributed by atoms with E-state index in [9.17, 15) is 5.11 Å². The van der Waals surface area contributed by atoms with Crippen LogP contribution in [0.1, 0.15) is 33.3 Å². The molecule has 3 nitrogen and oxygen atoms in total. The van der Waals surface area contributed by atoms with Crippen molar-refractivity contribution in [2.75, 3.05) is 19.7 Å².